The van der Waals surface area contributed by atoms with Gasteiger partial charge in [-0.05, 0) is 43.7 Å². The van der Waals surface area contributed by atoms with Crippen molar-refractivity contribution in [2.24, 2.45) is 0 Å². The van der Waals surface area contributed by atoms with Crippen LogP contribution in [0, 0.1) is 6.92 Å². The number of benzene rings is 1. The number of amides is 1. The van der Waals surface area contributed by atoms with Crippen LogP contribution in [-0.4, -0.2) is 17.5 Å². The minimum absolute atomic E-state index is 0.0786. The van der Waals surface area contributed by atoms with Crippen molar-refractivity contribution in [2.75, 3.05) is 17.2 Å². The predicted molar refractivity (Wildman–Crippen MR) is 81.6 cm³/mol. The summed E-state index contributed by atoms with van der Waals surface area (Å²) in [5.41, 5.74) is 3.74. The van der Waals surface area contributed by atoms with E-state index in [-0.39, 0.29) is 18.6 Å². The molecule has 1 aromatic heterocycles. The summed E-state index contributed by atoms with van der Waals surface area (Å²) in [6, 6.07) is 9.88. The first-order valence-corrected chi connectivity index (χ1v) is 6.87. The van der Waals surface area contributed by atoms with Gasteiger partial charge >= 0.3 is 0 Å². The Hall–Kier alpha value is -2.56. The Balaban J connectivity index is 1.78. The van der Waals surface area contributed by atoms with E-state index in [9.17, 15) is 4.79 Å². The molecular weight excluding hydrogens is 266 g/mol. The van der Waals surface area contributed by atoms with Gasteiger partial charge in [0.05, 0.1) is 17.6 Å². The molecular formula is C16H17N3O2. The van der Waals surface area contributed by atoms with Gasteiger partial charge in [-0.15, -0.1) is 0 Å². The van der Waals surface area contributed by atoms with E-state index in [4.69, 9.17) is 4.74 Å². The zero-order chi connectivity index (χ0) is 14.8. The Morgan fingerprint density at radius 3 is 2.95 bits per heavy atom. The van der Waals surface area contributed by atoms with Gasteiger partial charge in [0.25, 0.3) is 5.91 Å². The van der Waals surface area contributed by atoms with Gasteiger partial charge in [-0.25, -0.2) is 0 Å². The molecule has 0 fully saturated rings. The van der Waals surface area contributed by atoms with Crippen molar-refractivity contribution < 1.29 is 9.53 Å². The van der Waals surface area contributed by atoms with Gasteiger partial charge in [-0.1, -0.05) is 6.07 Å². The third-order valence-corrected chi connectivity index (χ3v) is 3.43. The van der Waals surface area contributed by atoms with Gasteiger partial charge in [0, 0.05) is 11.7 Å². The fraction of sp³-hybridized carbons (Fsp3) is 0.250. The molecule has 0 spiro atoms. The van der Waals surface area contributed by atoms with Crippen LogP contribution in [0.1, 0.15) is 24.2 Å². The highest BCUT2D eigenvalue weighted by atomic mass is 16.5. The number of aryl methyl sites for hydroxylation is 1. The van der Waals surface area contributed by atoms with Gasteiger partial charge in [-0.2, -0.15) is 0 Å². The molecule has 0 saturated heterocycles. The van der Waals surface area contributed by atoms with E-state index in [1.807, 2.05) is 43.5 Å². The lowest BCUT2D eigenvalue weighted by molar-refractivity contribution is -0.118. The first-order chi connectivity index (χ1) is 10.1. The number of fused-ring (bicyclic) bond motifs is 1. The van der Waals surface area contributed by atoms with Crippen molar-refractivity contribution in [1.82, 2.24) is 4.98 Å². The Labute approximate surface area is 123 Å². The molecule has 1 atom stereocenters. The van der Waals surface area contributed by atoms with Crippen molar-refractivity contribution in [3.63, 3.8) is 0 Å². The molecule has 5 heteroatoms. The summed E-state index contributed by atoms with van der Waals surface area (Å²) >= 11 is 0. The molecule has 2 aromatic rings. The molecule has 2 N–H and O–H groups in total. The van der Waals surface area contributed by atoms with E-state index < -0.39 is 0 Å². The number of carbonyl (C=O) groups is 1. The highest BCUT2D eigenvalue weighted by Gasteiger charge is 2.17. The second-order valence-corrected chi connectivity index (χ2v) is 5.15. The van der Waals surface area contributed by atoms with Crippen LogP contribution in [-0.2, 0) is 4.79 Å². The standard InChI is InChI=1S/C16H17N3O2/c1-10-3-5-13(8-17-10)18-11(2)12-4-6-15-14(7-12)19-16(20)9-21-15/h3-8,11,18H,9H2,1-2H3,(H,19,20). The van der Waals surface area contributed by atoms with E-state index >= 15 is 0 Å². The minimum Gasteiger partial charge on any atom is -0.482 e. The second-order valence-electron chi connectivity index (χ2n) is 5.15. The molecule has 1 unspecified atom stereocenters. The fourth-order valence-corrected chi connectivity index (χ4v) is 2.26. The van der Waals surface area contributed by atoms with Gasteiger partial charge < -0.3 is 15.4 Å². The number of hydrogen-bond donors (Lipinski definition) is 2. The highest BCUT2D eigenvalue weighted by Crippen LogP contribution is 2.31. The second kappa shape index (κ2) is 5.44. The average Bonchev–Trinajstić information content (AvgIpc) is 2.48. The maximum Gasteiger partial charge on any atom is 0.262 e. The van der Waals surface area contributed by atoms with Crippen LogP contribution in [0.5, 0.6) is 5.75 Å². The SMILES string of the molecule is Cc1ccc(NC(C)c2ccc3c(c2)NC(=O)CO3)cn1. The number of pyridine rings is 1. The van der Waals surface area contributed by atoms with Crippen LogP contribution in [0.3, 0.4) is 0 Å². The molecule has 1 aliphatic rings. The Kier molecular flexibility index (Phi) is 3.48. The summed E-state index contributed by atoms with van der Waals surface area (Å²) < 4.78 is 5.36. The fourth-order valence-electron chi connectivity index (χ4n) is 2.26. The van der Waals surface area contributed by atoms with E-state index in [1.54, 1.807) is 0 Å². The number of anilines is 2. The topological polar surface area (TPSA) is 63.2 Å². The molecule has 5 nitrogen and oxygen atoms in total. The Bertz CT molecular complexity index is 668. The largest absolute Gasteiger partial charge is 0.482 e. The molecule has 0 bridgehead atoms. The van der Waals surface area contributed by atoms with Gasteiger partial charge in [0.15, 0.2) is 6.61 Å². The van der Waals surface area contributed by atoms with Crippen LogP contribution in [0.25, 0.3) is 0 Å². The molecule has 108 valence electrons. The molecule has 0 radical (unpaired) electrons. The number of nitrogens with one attached hydrogen (secondary N) is 2. The first kappa shape index (κ1) is 13.4. The van der Waals surface area contributed by atoms with Gasteiger partial charge in [-0.3, -0.25) is 9.78 Å². The Morgan fingerprint density at radius 2 is 2.19 bits per heavy atom. The number of ether oxygens (including phenoxy) is 1. The van der Waals surface area contributed by atoms with Crippen molar-refractivity contribution in [3.05, 3.63) is 47.8 Å². The Morgan fingerprint density at radius 1 is 1.33 bits per heavy atom. The summed E-state index contributed by atoms with van der Waals surface area (Å²) in [6.07, 6.45) is 1.81. The third-order valence-electron chi connectivity index (χ3n) is 3.43. The quantitative estimate of drug-likeness (QED) is 0.909. The zero-order valence-corrected chi connectivity index (χ0v) is 12.0. The lowest BCUT2D eigenvalue weighted by atomic mass is 10.1. The van der Waals surface area contributed by atoms with Crippen LogP contribution in [0.2, 0.25) is 0 Å². The van der Waals surface area contributed by atoms with E-state index in [2.05, 4.69) is 22.5 Å². The predicted octanol–water partition coefficient (Wildman–Crippen LogP) is 2.89. The van der Waals surface area contributed by atoms with E-state index in [0.29, 0.717) is 5.75 Å². The van der Waals surface area contributed by atoms with Gasteiger partial charge in [0.2, 0.25) is 0 Å². The zero-order valence-electron chi connectivity index (χ0n) is 12.0. The molecule has 21 heavy (non-hydrogen) atoms. The maximum absolute atomic E-state index is 11.4. The van der Waals surface area contributed by atoms with Crippen molar-refractivity contribution in [1.29, 1.82) is 0 Å². The monoisotopic (exact) mass is 283 g/mol. The summed E-state index contributed by atoms with van der Waals surface area (Å²) in [6.45, 7) is 4.10. The summed E-state index contributed by atoms with van der Waals surface area (Å²) in [5.74, 6) is 0.588. The molecule has 1 aliphatic heterocycles. The molecule has 1 amide bonds. The summed E-state index contributed by atoms with van der Waals surface area (Å²) in [5, 5.41) is 6.21. The lowest BCUT2D eigenvalue weighted by Crippen LogP contribution is -2.25. The van der Waals surface area contributed by atoms with Gasteiger partial charge in [0.1, 0.15) is 5.75 Å². The molecule has 2 heterocycles. The van der Waals surface area contributed by atoms with E-state index in [0.717, 1.165) is 22.6 Å². The van der Waals surface area contributed by atoms with Crippen LogP contribution >= 0.6 is 0 Å². The minimum atomic E-state index is -0.122. The highest BCUT2D eigenvalue weighted by molar-refractivity contribution is 5.95. The number of aromatic nitrogens is 1. The number of nitrogens with zero attached hydrogens (tertiary/aromatic N) is 1. The average molecular weight is 283 g/mol. The normalized spacial score (nSPS) is 14.7. The molecule has 3 rings (SSSR count). The molecule has 0 saturated carbocycles. The number of rotatable bonds is 3. The smallest absolute Gasteiger partial charge is 0.262 e. The van der Waals surface area contributed by atoms with Crippen molar-refractivity contribution >= 4 is 17.3 Å². The van der Waals surface area contributed by atoms with E-state index in [1.165, 1.54) is 0 Å². The maximum atomic E-state index is 11.4. The lowest BCUT2D eigenvalue weighted by Gasteiger charge is -2.21. The number of hydrogen-bond acceptors (Lipinski definition) is 4. The van der Waals surface area contributed by atoms with Crippen molar-refractivity contribution in [2.45, 2.75) is 19.9 Å². The van der Waals surface area contributed by atoms with Crippen LogP contribution < -0.4 is 15.4 Å². The third kappa shape index (κ3) is 2.97. The summed E-state index contributed by atoms with van der Waals surface area (Å²) in [4.78, 5) is 15.6. The molecule has 1 aromatic carbocycles. The first-order valence-electron chi connectivity index (χ1n) is 6.87. The van der Waals surface area contributed by atoms with Crippen LogP contribution in [0.4, 0.5) is 11.4 Å². The van der Waals surface area contributed by atoms with Crippen molar-refractivity contribution in [3.8, 4) is 5.75 Å². The molecule has 0 aliphatic carbocycles. The van der Waals surface area contributed by atoms with Crippen LogP contribution in [0.15, 0.2) is 36.5 Å². The number of carbonyl (C=O) groups excluding carboxylic acids is 1. The summed E-state index contributed by atoms with van der Waals surface area (Å²) in [7, 11) is 0.